The van der Waals surface area contributed by atoms with E-state index in [0.717, 1.165) is 23.2 Å². The summed E-state index contributed by atoms with van der Waals surface area (Å²) in [5, 5.41) is 2.29. The summed E-state index contributed by atoms with van der Waals surface area (Å²) in [7, 11) is 0. The van der Waals surface area contributed by atoms with Crippen LogP contribution in [0.15, 0.2) is 78.9 Å². The average Bonchev–Trinajstić information content (AvgIpc) is 3.31. The highest BCUT2D eigenvalue weighted by Gasteiger charge is 2.60. The molecule has 0 bridgehead atoms. The van der Waals surface area contributed by atoms with Gasteiger partial charge in [0, 0.05) is 5.02 Å². The fraction of sp³-hybridized carbons (Fsp3) is 0.200. The number of halogens is 1. The van der Waals surface area contributed by atoms with Crippen molar-refractivity contribution in [3.05, 3.63) is 95.0 Å². The van der Waals surface area contributed by atoms with Crippen LogP contribution in [0.1, 0.15) is 24.1 Å². The highest BCUT2D eigenvalue weighted by molar-refractivity contribution is 6.30. The van der Waals surface area contributed by atoms with Gasteiger partial charge in [-0.3, -0.25) is 14.4 Å². The van der Waals surface area contributed by atoms with Gasteiger partial charge in [-0.2, -0.15) is 0 Å². The van der Waals surface area contributed by atoms with Crippen molar-refractivity contribution in [3.8, 4) is 0 Å². The third-order valence-electron chi connectivity index (χ3n) is 5.94. The van der Waals surface area contributed by atoms with E-state index in [1.165, 1.54) is 4.90 Å². The minimum absolute atomic E-state index is 0.252. The van der Waals surface area contributed by atoms with Gasteiger partial charge >= 0.3 is 0 Å². The summed E-state index contributed by atoms with van der Waals surface area (Å²) in [4.78, 5) is 34.2. The topological polar surface area (TPSA) is 49.9 Å². The second-order valence-corrected chi connectivity index (χ2v) is 8.18. The number of nitrogens with zero attached hydrogens (tertiary/aromatic N) is 2. The van der Waals surface area contributed by atoms with Crippen LogP contribution in [-0.2, 0) is 20.8 Å². The number of hydrogen-bond donors (Lipinski definition) is 0. The van der Waals surface area contributed by atoms with Gasteiger partial charge in [-0.1, -0.05) is 61.0 Å². The number of anilines is 2. The zero-order valence-electron chi connectivity index (χ0n) is 16.9. The number of carbonyl (C=O) groups is 2. The fourth-order valence-corrected chi connectivity index (χ4v) is 4.47. The van der Waals surface area contributed by atoms with Gasteiger partial charge in [-0.15, -0.1) is 0 Å². The van der Waals surface area contributed by atoms with Gasteiger partial charge in [0.25, 0.3) is 5.91 Å². The first-order chi connectivity index (χ1) is 15.1. The standard InChI is InChI=1S/C25H21ClN2O3/c1-2-16-8-14-19(15-9-16)27-24(29)21-22(17-10-12-18(26)13-11-17)28(31-23(21)25(27)30)20-6-4-3-5-7-20/h3-15,21-23H,2H2,1H3/t21-,22+,23+/m1/s1. The van der Waals surface area contributed by atoms with E-state index >= 15 is 0 Å². The molecule has 5 nitrogen and oxygen atoms in total. The Kier molecular flexibility index (Phi) is 5.00. The van der Waals surface area contributed by atoms with Crippen molar-refractivity contribution in [3.63, 3.8) is 0 Å². The maximum absolute atomic E-state index is 13.6. The number of carbonyl (C=O) groups excluding carboxylic acids is 2. The molecule has 3 aromatic carbocycles. The van der Waals surface area contributed by atoms with Crippen molar-refractivity contribution in [2.45, 2.75) is 25.5 Å². The molecule has 0 unspecified atom stereocenters. The van der Waals surface area contributed by atoms with E-state index in [4.69, 9.17) is 16.4 Å². The molecule has 0 N–H and O–H groups in total. The summed E-state index contributed by atoms with van der Waals surface area (Å²) in [5.74, 6) is -1.24. The molecule has 2 heterocycles. The molecule has 0 radical (unpaired) electrons. The molecule has 3 aromatic rings. The van der Waals surface area contributed by atoms with Crippen LogP contribution in [0.5, 0.6) is 0 Å². The smallest absolute Gasteiger partial charge is 0.266 e. The Bertz CT molecular complexity index is 1120. The van der Waals surface area contributed by atoms with Crippen molar-refractivity contribution in [2.75, 3.05) is 9.96 Å². The van der Waals surface area contributed by atoms with Crippen LogP contribution in [0.4, 0.5) is 11.4 Å². The van der Waals surface area contributed by atoms with Gasteiger partial charge in [-0.05, 0) is 53.9 Å². The number of hydroxylamine groups is 1. The zero-order chi connectivity index (χ0) is 21.5. The number of para-hydroxylation sites is 1. The Hall–Kier alpha value is -3.15. The lowest BCUT2D eigenvalue weighted by Gasteiger charge is -2.28. The van der Waals surface area contributed by atoms with Crippen LogP contribution in [0.2, 0.25) is 5.02 Å². The Labute approximate surface area is 185 Å². The quantitative estimate of drug-likeness (QED) is 0.547. The van der Waals surface area contributed by atoms with Gasteiger partial charge in [-0.25, -0.2) is 9.96 Å². The summed E-state index contributed by atoms with van der Waals surface area (Å²) in [6.07, 6.45) is 0.0144. The molecule has 2 fully saturated rings. The van der Waals surface area contributed by atoms with Gasteiger partial charge in [0.2, 0.25) is 5.91 Å². The molecule has 156 valence electrons. The number of aryl methyl sites for hydroxylation is 1. The minimum Gasteiger partial charge on any atom is -0.273 e. The summed E-state index contributed by atoms with van der Waals surface area (Å²) in [6.45, 7) is 2.06. The Morgan fingerprint density at radius 1 is 0.839 bits per heavy atom. The molecule has 2 aliphatic rings. The van der Waals surface area contributed by atoms with Crippen molar-refractivity contribution >= 4 is 34.8 Å². The van der Waals surface area contributed by atoms with Crippen LogP contribution < -0.4 is 9.96 Å². The highest BCUT2D eigenvalue weighted by atomic mass is 35.5. The van der Waals surface area contributed by atoms with Crippen LogP contribution in [-0.4, -0.2) is 17.9 Å². The van der Waals surface area contributed by atoms with Crippen LogP contribution >= 0.6 is 11.6 Å². The van der Waals surface area contributed by atoms with E-state index in [0.29, 0.717) is 10.7 Å². The first-order valence-corrected chi connectivity index (χ1v) is 10.7. The summed E-state index contributed by atoms with van der Waals surface area (Å²) in [5.41, 5.74) is 3.38. The summed E-state index contributed by atoms with van der Waals surface area (Å²) < 4.78 is 0. The summed E-state index contributed by atoms with van der Waals surface area (Å²) in [6, 6.07) is 23.9. The molecule has 0 saturated carbocycles. The van der Waals surface area contributed by atoms with E-state index in [1.54, 1.807) is 17.2 Å². The Morgan fingerprint density at radius 3 is 2.16 bits per heavy atom. The van der Waals surface area contributed by atoms with Crippen LogP contribution in [0, 0.1) is 5.92 Å². The molecule has 0 aromatic heterocycles. The lowest BCUT2D eigenvalue weighted by atomic mass is 9.90. The van der Waals surface area contributed by atoms with Crippen LogP contribution in [0.3, 0.4) is 0 Å². The molecule has 2 saturated heterocycles. The molecule has 31 heavy (non-hydrogen) atoms. The SMILES string of the molecule is CCc1ccc(N2C(=O)[C@H]3[C@H](ON(c4ccccc4)[C@H]3c3ccc(Cl)cc3)C2=O)cc1. The number of fused-ring (bicyclic) bond motifs is 1. The number of hydrogen-bond acceptors (Lipinski definition) is 4. The van der Waals surface area contributed by atoms with E-state index < -0.39 is 18.1 Å². The average molecular weight is 433 g/mol. The third kappa shape index (κ3) is 3.30. The van der Waals surface area contributed by atoms with E-state index in [-0.39, 0.29) is 11.8 Å². The first-order valence-electron chi connectivity index (χ1n) is 10.3. The number of benzene rings is 3. The number of rotatable bonds is 4. The highest BCUT2D eigenvalue weighted by Crippen LogP contribution is 2.47. The van der Waals surface area contributed by atoms with Gasteiger partial charge in [0.15, 0.2) is 6.10 Å². The van der Waals surface area contributed by atoms with E-state index in [1.807, 2.05) is 66.7 Å². The van der Waals surface area contributed by atoms with Crippen molar-refractivity contribution in [1.82, 2.24) is 0 Å². The molecular weight excluding hydrogens is 412 g/mol. The van der Waals surface area contributed by atoms with Gasteiger partial charge in [0.1, 0.15) is 5.92 Å². The molecule has 3 atom stereocenters. The number of amides is 2. The zero-order valence-corrected chi connectivity index (χ0v) is 17.7. The molecule has 2 amide bonds. The molecule has 6 heteroatoms. The summed E-state index contributed by atoms with van der Waals surface area (Å²) >= 11 is 6.09. The molecule has 2 aliphatic heterocycles. The predicted octanol–water partition coefficient (Wildman–Crippen LogP) is 4.95. The van der Waals surface area contributed by atoms with Gasteiger partial charge in [0.05, 0.1) is 17.4 Å². The normalized spacial score (nSPS) is 22.8. The maximum Gasteiger partial charge on any atom is 0.266 e. The Balaban J connectivity index is 1.56. The second kappa shape index (κ2) is 7.84. The van der Waals surface area contributed by atoms with E-state index in [9.17, 15) is 9.59 Å². The molecular formula is C25H21ClN2O3. The molecule has 5 rings (SSSR count). The lowest BCUT2D eigenvalue weighted by Crippen LogP contribution is -2.37. The minimum atomic E-state index is -0.876. The lowest BCUT2D eigenvalue weighted by molar-refractivity contribution is -0.126. The van der Waals surface area contributed by atoms with E-state index in [2.05, 4.69) is 6.92 Å². The third-order valence-corrected chi connectivity index (χ3v) is 6.19. The Morgan fingerprint density at radius 2 is 1.52 bits per heavy atom. The number of imide groups is 1. The second-order valence-electron chi connectivity index (χ2n) is 7.74. The van der Waals surface area contributed by atoms with Crippen LogP contribution in [0.25, 0.3) is 0 Å². The molecule has 0 spiro atoms. The van der Waals surface area contributed by atoms with Gasteiger partial charge < -0.3 is 0 Å². The fourth-order valence-electron chi connectivity index (χ4n) is 4.35. The van der Waals surface area contributed by atoms with Crippen molar-refractivity contribution in [1.29, 1.82) is 0 Å². The predicted molar refractivity (Wildman–Crippen MR) is 120 cm³/mol. The first kappa shape index (κ1) is 19.8. The van der Waals surface area contributed by atoms with Crippen molar-refractivity contribution < 1.29 is 14.4 Å². The van der Waals surface area contributed by atoms with Crippen molar-refractivity contribution in [2.24, 2.45) is 5.92 Å². The monoisotopic (exact) mass is 432 g/mol. The largest absolute Gasteiger partial charge is 0.273 e. The maximum atomic E-state index is 13.6. The molecule has 0 aliphatic carbocycles.